The van der Waals surface area contributed by atoms with Crippen LogP contribution in [0.2, 0.25) is 5.02 Å². The number of halogens is 1. The number of benzene rings is 2. The SMILES string of the molecule is CCOc1cc(N2CCC[C@H]2CN2CCCC2)ccc1Nc1ncc(Cl)c(Nc2ccccc2C(=O)NC2CCC2)n1. The molecular weight excluding hydrogens is 550 g/mol. The van der Waals surface area contributed by atoms with Crippen molar-refractivity contribution in [1.29, 1.82) is 0 Å². The van der Waals surface area contributed by atoms with E-state index < -0.39 is 0 Å². The van der Waals surface area contributed by atoms with Gasteiger partial charge in [0, 0.05) is 36.9 Å². The van der Waals surface area contributed by atoms with E-state index in [0.717, 1.165) is 43.8 Å². The average Bonchev–Trinajstić information content (AvgIpc) is 3.66. The van der Waals surface area contributed by atoms with E-state index in [1.807, 2.05) is 31.2 Å². The zero-order chi connectivity index (χ0) is 28.9. The fourth-order valence-corrected chi connectivity index (χ4v) is 6.20. The normalized spacial score (nSPS) is 19.0. The average molecular weight is 590 g/mol. The highest BCUT2D eigenvalue weighted by atomic mass is 35.5. The van der Waals surface area contributed by atoms with Gasteiger partial charge in [0.15, 0.2) is 5.82 Å². The molecule has 0 unspecified atom stereocenters. The summed E-state index contributed by atoms with van der Waals surface area (Å²) >= 11 is 6.50. The van der Waals surface area contributed by atoms with Crippen LogP contribution in [0.5, 0.6) is 5.75 Å². The highest BCUT2D eigenvalue weighted by Gasteiger charge is 2.28. The van der Waals surface area contributed by atoms with Gasteiger partial charge in [-0.05, 0) is 89.2 Å². The molecule has 1 aromatic heterocycles. The molecule has 2 aliphatic heterocycles. The van der Waals surface area contributed by atoms with Gasteiger partial charge in [0.1, 0.15) is 10.8 Å². The molecule has 1 amide bonds. The molecule has 10 heteroatoms. The molecule has 1 atom stereocenters. The molecule has 0 bridgehead atoms. The molecule has 1 aliphatic carbocycles. The fraction of sp³-hybridized carbons (Fsp3) is 0.469. The smallest absolute Gasteiger partial charge is 0.253 e. The van der Waals surface area contributed by atoms with Crippen LogP contribution in [-0.2, 0) is 0 Å². The van der Waals surface area contributed by atoms with E-state index in [9.17, 15) is 4.79 Å². The Balaban J connectivity index is 1.19. The molecule has 3 N–H and O–H groups in total. The first-order valence-corrected chi connectivity index (χ1v) is 15.7. The van der Waals surface area contributed by atoms with Crippen LogP contribution in [0.3, 0.4) is 0 Å². The number of anilines is 5. The van der Waals surface area contributed by atoms with E-state index in [0.29, 0.717) is 40.7 Å². The summed E-state index contributed by atoms with van der Waals surface area (Å²) < 4.78 is 6.07. The second-order valence-corrected chi connectivity index (χ2v) is 11.8. The Labute approximate surface area is 253 Å². The summed E-state index contributed by atoms with van der Waals surface area (Å²) in [6.07, 6.45) is 9.82. The Bertz CT molecular complexity index is 1390. The van der Waals surface area contributed by atoms with Gasteiger partial charge in [-0.15, -0.1) is 0 Å². The van der Waals surface area contributed by atoms with Gasteiger partial charge >= 0.3 is 0 Å². The Hall–Kier alpha value is -3.56. The number of amides is 1. The zero-order valence-corrected chi connectivity index (χ0v) is 25.0. The number of hydrogen-bond donors (Lipinski definition) is 3. The molecule has 3 aliphatic rings. The van der Waals surface area contributed by atoms with Crippen molar-refractivity contribution in [1.82, 2.24) is 20.2 Å². The van der Waals surface area contributed by atoms with E-state index in [1.54, 1.807) is 12.3 Å². The molecule has 42 heavy (non-hydrogen) atoms. The van der Waals surface area contributed by atoms with Crippen LogP contribution in [0, 0.1) is 0 Å². The lowest BCUT2D eigenvalue weighted by Gasteiger charge is -2.30. The lowest BCUT2D eigenvalue weighted by molar-refractivity contribution is 0.0918. The number of aromatic nitrogens is 2. The fourth-order valence-electron chi connectivity index (χ4n) is 6.07. The molecule has 6 rings (SSSR count). The molecule has 2 saturated heterocycles. The zero-order valence-electron chi connectivity index (χ0n) is 24.2. The number of ether oxygens (including phenoxy) is 1. The maximum absolute atomic E-state index is 12.9. The summed E-state index contributed by atoms with van der Waals surface area (Å²) in [5, 5.41) is 10.0. The Morgan fingerprint density at radius 1 is 1.00 bits per heavy atom. The van der Waals surface area contributed by atoms with Crippen LogP contribution in [0.1, 0.15) is 62.2 Å². The van der Waals surface area contributed by atoms with Gasteiger partial charge in [-0.2, -0.15) is 4.98 Å². The first kappa shape index (κ1) is 28.6. The van der Waals surface area contributed by atoms with Crippen LogP contribution in [0.15, 0.2) is 48.7 Å². The molecular formula is C32H40ClN7O2. The second kappa shape index (κ2) is 13.2. The van der Waals surface area contributed by atoms with E-state index in [2.05, 4.69) is 47.9 Å². The van der Waals surface area contributed by atoms with Crippen LogP contribution >= 0.6 is 11.6 Å². The number of likely N-dealkylation sites (tertiary alicyclic amines) is 1. The molecule has 0 spiro atoms. The lowest BCUT2D eigenvalue weighted by atomic mass is 9.93. The number of carbonyl (C=O) groups is 1. The van der Waals surface area contributed by atoms with E-state index in [1.165, 1.54) is 44.5 Å². The van der Waals surface area contributed by atoms with Crippen LogP contribution < -0.4 is 25.6 Å². The minimum Gasteiger partial charge on any atom is -0.492 e. The topological polar surface area (TPSA) is 94.7 Å². The monoisotopic (exact) mass is 589 g/mol. The van der Waals surface area contributed by atoms with Gasteiger partial charge < -0.3 is 30.5 Å². The number of hydrogen-bond acceptors (Lipinski definition) is 8. The van der Waals surface area contributed by atoms with Crippen molar-refractivity contribution >= 4 is 46.3 Å². The standard InChI is InChI=1S/C32H40ClN7O2/c1-2-42-29-19-23(40-18-8-11-24(40)21-39-16-5-6-17-39)14-15-28(29)37-32-34-20-26(33)30(38-32)36-27-13-4-3-12-25(27)31(41)35-22-9-7-10-22/h3-4,12-15,19-20,22,24H,2,5-11,16-18,21H2,1H3,(H,35,41)(H2,34,36,37,38)/t24-/m0/s1. The quantitative estimate of drug-likeness (QED) is 0.238. The summed E-state index contributed by atoms with van der Waals surface area (Å²) in [7, 11) is 0. The molecule has 2 aromatic carbocycles. The van der Waals surface area contributed by atoms with Gasteiger partial charge in [-0.25, -0.2) is 4.98 Å². The molecule has 3 heterocycles. The maximum Gasteiger partial charge on any atom is 0.253 e. The second-order valence-electron chi connectivity index (χ2n) is 11.4. The third-order valence-corrected chi connectivity index (χ3v) is 8.77. The van der Waals surface area contributed by atoms with Gasteiger partial charge in [0.05, 0.1) is 29.7 Å². The Kier molecular flexibility index (Phi) is 8.95. The van der Waals surface area contributed by atoms with Crippen molar-refractivity contribution in [3.8, 4) is 5.75 Å². The van der Waals surface area contributed by atoms with Crippen molar-refractivity contribution in [2.24, 2.45) is 0 Å². The van der Waals surface area contributed by atoms with Crippen molar-refractivity contribution in [3.63, 3.8) is 0 Å². The number of carbonyl (C=O) groups excluding carboxylic acids is 1. The predicted molar refractivity (Wildman–Crippen MR) is 169 cm³/mol. The first-order chi connectivity index (χ1) is 20.6. The lowest BCUT2D eigenvalue weighted by Crippen LogP contribution is -2.39. The van der Waals surface area contributed by atoms with Crippen molar-refractivity contribution in [2.75, 3.05) is 48.3 Å². The van der Waals surface area contributed by atoms with Crippen molar-refractivity contribution in [3.05, 3.63) is 59.2 Å². The van der Waals surface area contributed by atoms with Crippen LogP contribution in [0.4, 0.5) is 28.8 Å². The molecule has 1 saturated carbocycles. The number of rotatable bonds is 11. The molecule has 3 aromatic rings. The van der Waals surface area contributed by atoms with Gasteiger partial charge in [-0.3, -0.25) is 4.79 Å². The van der Waals surface area contributed by atoms with Crippen molar-refractivity contribution in [2.45, 2.75) is 64.0 Å². The molecule has 3 fully saturated rings. The number of nitrogens with one attached hydrogen (secondary N) is 3. The number of nitrogens with zero attached hydrogens (tertiary/aromatic N) is 4. The minimum absolute atomic E-state index is 0.103. The summed E-state index contributed by atoms with van der Waals surface area (Å²) in [4.78, 5) is 27.1. The third kappa shape index (κ3) is 6.57. The van der Waals surface area contributed by atoms with Gasteiger partial charge in [-0.1, -0.05) is 23.7 Å². The predicted octanol–water partition coefficient (Wildman–Crippen LogP) is 6.36. The van der Waals surface area contributed by atoms with Gasteiger partial charge in [0.25, 0.3) is 5.91 Å². The van der Waals surface area contributed by atoms with E-state index in [-0.39, 0.29) is 11.9 Å². The summed E-state index contributed by atoms with van der Waals surface area (Å²) in [5.41, 5.74) is 3.15. The van der Waals surface area contributed by atoms with Gasteiger partial charge in [0.2, 0.25) is 5.95 Å². The summed E-state index contributed by atoms with van der Waals surface area (Å²) in [6, 6.07) is 14.5. The van der Waals surface area contributed by atoms with E-state index >= 15 is 0 Å². The molecule has 0 radical (unpaired) electrons. The maximum atomic E-state index is 12.9. The minimum atomic E-state index is -0.103. The number of para-hydroxylation sites is 1. The highest BCUT2D eigenvalue weighted by molar-refractivity contribution is 6.33. The van der Waals surface area contributed by atoms with Crippen LogP contribution in [-0.4, -0.2) is 65.6 Å². The molecule has 9 nitrogen and oxygen atoms in total. The Morgan fingerprint density at radius 3 is 2.62 bits per heavy atom. The molecule has 222 valence electrons. The van der Waals surface area contributed by atoms with E-state index in [4.69, 9.17) is 16.3 Å². The highest BCUT2D eigenvalue weighted by Crippen LogP contribution is 2.36. The summed E-state index contributed by atoms with van der Waals surface area (Å²) in [5.74, 6) is 1.44. The Morgan fingerprint density at radius 2 is 1.83 bits per heavy atom. The van der Waals surface area contributed by atoms with Crippen molar-refractivity contribution < 1.29 is 9.53 Å². The summed E-state index contributed by atoms with van der Waals surface area (Å²) in [6.45, 7) is 7.16. The third-order valence-electron chi connectivity index (χ3n) is 8.50. The van der Waals surface area contributed by atoms with Crippen LogP contribution in [0.25, 0.3) is 0 Å². The largest absolute Gasteiger partial charge is 0.492 e. The first-order valence-electron chi connectivity index (χ1n) is 15.3.